The van der Waals surface area contributed by atoms with Gasteiger partial charge in [0.15, 0.2) is 17.4 Å². The third-order valence-electron chi connectivity index (χ3n) is 2.09. The predicted octanol–water partition coefficient (Wildman–Crippen LogP) is 3.99. The highest BCUT2D eigenvalue weighted by Crippen LogP contribution is 2.30. The molecule has 0 amide bonds. The van der Waals surface area contributed by atoms with Crippen molar-refractivity contribution in [1.82, 2.24) is 0 Å². The van der Waals surface area contributed by atoms with Crippen molar-refractivity contribution in [2.24, 2.45) is 0 Å². The number of nitrogens with two attached hydrogens (primary N) is 1. The lowest BCUT2D eigenvalue weighted by Gasteiger charge is -2.08. The predicted molar refractivity (Wildman–Crippen MR) is 62.3 cm³/mol. The van der Waals surface area contributed by atoms with E-state index in [-0.39, 0.29) is 5.75 Å². The number of ether oxygens (including phenoxy) is 1. The fourth-order valence-corrected chi connectivity index (χ4v) is 1.43. The maximum Gasteiger partial charge on any atom is 0.162 e. The molecule has 0 bridgehead atoms. The zero-order valence-corrected chi connectivity index (χ0v) is 9.34. The van der Waals surface area contributed by atoms with E-state index in [0.29, 0.717) is 16.5 Å². The molecule has 0 atom stereocenters. The maximum absolute atomic E-state index is 12.9. The van der Waals surface area contributed by atoms with Crippen molar-refractivity contribution in [2.45, 2.75) is 0 Å². The summed E-state index contributed by atoms with van der Waals surface area (Å²) in [4.78, 5) is 0. The summed E-state index contributed by atoms with van der Waals surface area (Å²) in [7, 11) is 0. The third kappa shape index (κ3) is 2.65. The Kier molecular flexibility index (Phi) is 3.15. The molecular formula is C12H8ClF2NO. The van der Waals surface area contributed by atoms with Crippen LogP contribution in [0.25, 0.3) is 0 Å². The summed E-state index contributed by atoms with van der Waals surface area (Å²) in [5, 5.41) is 0.441. The van der Waals surface area contributed by atoms with E-state index in [1.54, 1.807) is 12.1 Å². The second kappa shape index (κ2) is 4.59. The number of halogens is 3. The van der Waals surface area contributed by atoms with Gasteiger partial charge in [0.2, 0.25) is 0 Å². The molecule has 0 heterocycles. The summed E-state index contributed by atoms with van der Waals surface area (Å²) in [6.07, 6.45) is 0. The zero-order chi connectivity index (χ0) is 12.4. The lowest BCUT2D eigenvalue weighted by Crippen LogP contribution is -1.93. The number of nitrogen functional groups attached to an aromatic ring is 1. The minimum Gasteiger partial charge on any atom is -0.455 e. The van der Waals surface area contributed by atoms with Crippen molar-refractivity contribution in [2.75, 3.05) is 5.73 Å². The van der Waals surface area contributed by atoms with Crippen LogP contribution in [0.5, 0.6) is 11.5 Å². The van der Waals surface area contributed by atoms with Crippen molar-refractivity contribution in [3.8, 4) is 11.5 Å². The SMILES string of the molecule is Nc1ccc(Cl)cc1Oc1ccc(F)c(F)c1. The molecule has 0 unspecified atom stereocenters. The van der Waals surface area contributed by atoms with Gasteiger partial charge >= 0.3 is 0 Å². The number of hydrogen-bond donors (Lipinski definition) is 1. The lowest BCUT2D eigenvalue weighted by molar-refractivity contribution is 0.463. The Labute approximate surface area is 102 Å². The van der Waals surface area contributed by atoms with Crippen LogP contribution < -0.4 is 10.5 Å². The second-order valence-electron chi connectivity index (χ2n) is 3.36. The average Bonchev–Trinajstić information content (AvgIpc) is 2.29. The summed E-state index contributed by atoms with van der Waals surface area (Å²) in [6, 6.07) is 7.89. The Morgan fingerprint density at radius 3 is 2.47 bits per heavy atom. The van der Waals surface area contributed by atoms with E-state index in [2.05, 4.69) is 0 Å². The van der Waals surface area contributed by atoms with Crippen LogP contribution in [0.15, 0.2) is 36.4 Å². The lowest BCUT2D eigenvalue weighted by atomic mass is 10.3. The molecule has 0 spiro atoms. The van der Waals surface area contributed by atoms with Crippen LogP contribution in [-0.2, 0) is 0 Å². The van der Waals surface area contributed by atoms with Crippen molar-refractivity contribution >= 4 is 17.3 Å². The van der Waals surface area contributed by atoms with Gasteiger partial charge in [0.25, 0.3) is 0 Å². The molecule has 2 rings (SSSR count). The summed E-state index contributed by atoms with van der Waals surface area (Å²) >= 11 is 5.77. The first-order valence-electron chi connectivity index (χ1n) is 4.74. The van der Waals surface area contributed by atoms with E-state index in [1.165, 1.54) is 12.1 Å². The van der Waals surface area contributed by atoms with Crippen molar-refractivity contribution in [3.05, 3.63) is 53.1 Å². The fourth-order valence-electron chi connectivity index (χ4n) is 1.26. The average molecular weight is 256 g/mol. The van der Waals surface area contributed by atoms with Gasteiger partial charge in [0.05, 0.1) is 5.69 Å². The number of anilines is 1. The molecule has 5 heteroatoms. The molecule has 2 N–H and O–H groups in total. The smallest absolute Gasteiger partial charge is 0.162 e. The highest BCUT2D eigenvalue weighted by molar-refractivity contribution is 6.30. The number of hydrogen-bond acceptors (Lipinski definition) is 2. The van der Waals surface area contributed by atoms with Crippen molar-refractivity contribution in [3.63, 3.8) is 0 Å². The first kappa shape index (κ1) is 11.7. The molecule has 0 saturated heterocycles. The largest absolute Gasteiger partial charge is 0.455 e. The fraction of sp³-hybridized carbons (Fsp3) is 0. The van der Waals surface area contributed by atoms with Crippen LogP contribution >= 0.6 is 11.6 Å². The van der Waals surface area contributed by atoms with Crippen molar-refractivity contribution < 1.29 is 13.5 Å². The summed E-state index contributed by atoms with van der Waals surface area (Å²) in [5.41, 5.74) is 6.01. The van der Waals surface area contributed by atoms with Crippen LogP contribution in [-0.4, -0.2) is 0 Å². The standard InChI is InChI=1S/C12H8ClF2NO/c13-7-1-4-11(16)12(5-7)17-8-2-3-9(14)10(15)6-8/h1-6H,16H2. The third-order valence-corrected chi connectivity index (χ3v) is 2.33. The van der Waals surface area contributed by atoms with E-state index in [0.717, 1.165) is 12.1 Å². The molecular weight excluding hydrogens is 248 g/mol. The van der Waals surface area contributed by atoms with Gasteiger partial charge in [-0.15, -0.1) is 0 Å². The zero-order valence-electron chi connectivity index (χ0n) is 8.58. The molecule has 17 heavy (non-hydrogen) atoms. The Hall–Kier alpha value is -1.81. The molecule has 2 nitrogen and oxygen atoms in total. The molecule has 0 saturated carbocycles. The minimum atomic E-state index is -0.983. The number of benzene rings is 2. The van der Waals surface area contributed by atoms with Crippen LogP contribution in [0.3, 0.4) is 0 Å². The van der Waals surface area contributed by atoms with Crippen LogP contribution in [0.4, 0.5) is 14.5 Å². The quantitative estimate of drug-likeness (QED) is 0.824. The molecule has 0 aromatic heterocycles. The van der Waals surface area contributed by atoms with Gasteiger partial charge in [0, 0.05) is 17.2 Å². The Morgan fingerprint density at radius 1 is 1.00 bits per heavy atom. The first-order valence-corrected chi connectivity index (χ1v) is 5.12. The second-order valence-corrected chi connectivity index (χ2v) is 3.80. The molecule has 88 valence electrons. The molecule has 0 aliphatic heterocycles. The minimum absolute atomic E-state index is 0.151. The molecule has 0 fully saturated rings. The van der Waals surface area contributed by atoms with Gasteiger partial charge in [-0.05, 0) is 24.3 Å². The van der Waals surface area contributed by atoms with E-state index < -0.39 is 11.6 Å². The molecule has 0 aliphatic rings. The van der Waals surface area contributed by atoms with Gasteiger partial charge in [-0.3, -0.25) is 0 Å². The topological polar surface area (TPSA) is 35.2 Å². The van der Waals surface area contributed by atoms with E-state index >= 15 is 0 Å². The molecule has 0 radical (unpaired) electrons. The summed E-state index contributed by atoms with van der Waals surface area (Å²) in [6.45, 7) is 0. The Balaban J connectivity index is 2.31. The first-order chi connectivity index (χ1) is 8.06. The van der Waals surface area contributed by atoms with Crippen LogP contribution in [0.2, 0.25) is 5.02 Å². The van der Waals surface area contributed by atoms with Crippen molar-refractivity contribution in [1.29, 1.82) is 0 Å². The van der Waals surface area contributed by atoms with E-state index in [4.69, 9.17) is 22.1 Å². The van der Waals surface area contributed by atoms with Gasteiger partial charge in [0.1, 0.15) is 5.75 Å². The molecule has 0 aliphatic carbocycles. The molecule has 2 aromatic carbocycles. The number of rotatable bonds is 2. The van der Waals surface area contributed by atoms with Gasteiger partial charge in [-0.25, -0.2) is 8.78 Å². The van der Waals surface area contributed by atoms with E-state index in [9.17, 15) is 8.78 Å². The monoisotopic (exact) mass is 255 g/mol. The molecule has 2 aromatic rings. The van der Waals surface area contributed by atoms with Gasteiger partial charge in [-0.1, -0.05) is 11.6 Å². The highest BCUT2D eigenvalue weighted by Gasteiger charge is 2.06. The highest BCUT2D eigenvalue weighted by atomic mass is 35.5. The van der Waals surface area contributed by atoms with Crippen LogP contribution in [0, 0.1) is 11.6 Å². The van der Waals surface area contributed by atoms with E-state index in [1.807, 2.05) is 0 Å². The normalized spacial score (nSPS) is 10.3. The Morgan fingerprint density at radius 2 is 1.76 bits per heavy atom. The van der Waals surface area contributed by atoms with Gasteiger partial charge in [-0.2, -0.15) is 0 Å². The van der Waals surface area contributed by atoms with Gasteiger partial charge < -0.3 is 10.5 Å². The summed E-state index contributed by atoms with van der Waals surface area (Å²) in [5.74, 6) is -1.47. The maximum atomic E-state index is 12.9. The Bertz CT molecular complexity index is 560. The van der Waals surface area contributed by atoms with Crippen LogP contribution in [0.1, 0.15) is 0 Å². The summed E-state index contributed by atoms with van der Waals surface area (Å²) < 4.78 is 31.0.